The molecule has 0 saturated carbocycles. The minimum absolute atomic E-state index is 0.132. The zero-order valence-electron chi connectivity index (χ0n) is 11.5. The monoisotopic (exact) mass is 307 g/mol. The maximum absolute atomic E-state index is 12.2. The minimum Gasteiger partial charge on any atom is -0.351 e. The van der Waals surface area contributed by atoms with Gasteiger partial charge in [-0.2, -0.15) is 0 Å². The zero-order valence-corrected chi connectivity index (χ0v) is 12.3. The van der Waals surface area contributed by atoms with E-state index < -0.39 is 15.1 Å². The van der Waals surface area contributed by atoms with Crippen LogP contribution in [0.5, 0.6) is 0 Å². The fourth-order valence-corrected chi connectivity index (χ4v) is 3.99. The van der Waals surface area contributed by atoms with Crippen LogP contribution in [0.15, 0.2) is 18.5 Å². The first-order chi connectivity index (χ1) is 10.0. The van der Waals surface area contributed by atoms with Gasteiger partial charge in [0.1, 0.15) is 0 Å². The molecule has 21 heavy (non-hydrogen) atoms. The number of hydrogen-bond acceptors (Lipinski definition) is 5. The lowest BCUT2D eigenvalue weighted by Crippen LogP contribution is -2.34. The van der Waals surface area contributed by atoms with Crippen molar-refractivity contribution in [1.29, 1.82) is 0 Å². The topological polar surface area (TPSA) is 102 Å². The van der Waals surface area contributed by atoms with Crippen LogP contribution in [0.25, 0.3) is 0 Å². The molecule has 1 saturated heterocycles. The highest BCUT2D eigenvalue weighted by atomic mass is 32.2. The maximum Gasteiger partial charge on any atom is 0.252 e. The van der Waals surface area contributed by atoms with Gasteiger partial charge in [-0.15, -0.1) is 0 Å². The van der Waals surface area contributed by atoms with Crippen molar-refractivity contribution in [3.8, 4) is 11.8 Å². The summed E-state index contributed by atoms with van der Waals surface area (Å²) in [5, 5.41) is 2.18. The van der Waals surface area contributed by atoms with E-state index in [2.05, 4.69) is 22.1 Å². The molecule has 0 spiro atoms. The van der Waals surface area contributed by atoms with Crippen molar-refractivity contribution in [2.24, 2.45) is 5.73 Å². The van der Waals surface area contributed by atoms with Crippen LogP contribution in [0.4, 0.5) is 0 Å². The number of nitrogens with two attached hydrogens (primary N) is 1. The number of pyridine rings is 1. The molecule has 7 heteroatoms. The molecule has 1 aliphatic heterocycles. The number of amides is 1. The Balaban J connectivity index is 2.07. The van der Waals surface area contributed by atoms with Gasteiger partial charge in [-0.25, -0.2) is 8.42 Å². The zero-order chi connectivity index (χ0) is 15.3. The predicted octanol–water partition coefficient (Wildman–Crippen LogP) is -0.301. The molecule has 0 aromatic carbocycles. The predicted molar refractivity (Wildman–Crippen MR) is 79.3 cm³/mol. The van der Waals surface area contributed by atoms with E-state index in [1.807, 2.05) is 0 Å². The third kappa shape index (κ3) is 3.80. The van der Waals surface area contributed by atoms with Crippen molar-refractivity contribution >= 4 is 15.7 Å². The molecule has 1 aromatic heterocycles. The van der Waals surface area contributed by atoms with E-state index in [9.17, 15) is 13.2 Å². The molecule has 1 aromatic rings. The summed E-state index contributed by atoms with van der Waals surface area (Å²) in [6.45, 7) is 0.323. The molecular formula is C14H17N3O3S. The molecular weight excluding hydrogens is 290 g/mol. The summed E-state index contributed by atoms with van der Waals surface area (Å²) in [6, 6.07) is 1.55. The molecule has 0 aliphatic carbocycles. The van der Waals surface area contributed by atoms with Gasteiger partial charge in [0.05, 0.1) is 28.7 Å². The first-order valence-corrected chi connectivity index (χ1v) is 8.39. The van der Waals surface area contributed by atoms with Gasteiger partial charge >= 0.3 is 0 Å². The number of rotatable bonds is 3. The molecule has 1 aliphatic rings. The number of nitrogens with zero attached hydrogens (tertiary/aromatic N) is 1. The van der Waals surface area contributed by atoms with E-state index in [1.54, 1.807) is 6.07 Å². The molecule has 112 valence electrons. The van der Waals surface area contributed by atoms with Crippen LogP contribution in [0.2, 0.25) is 0 Å². The normalized spacial score (nSPS) is 19.6. The van der Waals surface area contributed by atoms with E-state index in [0.29, 0.717) is 24.0 Å². The fraction of sp³-hybridized carbons (Fsp3) is 0.429. The summed E-state index contributed by atoms with van der Waals surface area (Å²) in [7, 11) is -3.06. The van der Waals surface area contributed by atoms with E-state index in [4.69, 9.17) is 5.73 Å². The highest BCUT2D eigenvalue weighted by molar-refractivity contribution is 7.92. The van der Waals surface area contributed by atoms with Gasteiger partial charge in [0.15, 0.2) is 9.84 Å². The molecule has 2 rings (SSSR count). The van der Waals surface area contributed by atoms with Crippen LogP contribution in [0.3, 0.4) is 0 Å². The molecule has 0 radical (unpaired) electrons. The number of nitrogens with one attached hydrogen (secondary N) is 1. The van der Waals surface area contributed by atoms with Crippen LogP contribution < -0.4 is 11.1 Å². The Bertz CT molecular complexity index is 689. The minimum atomic E-state index is -3.06. The van der Waals surface area contributed by atoms with E-state index in [-0.39, 0.29) is 24.7 Å². The number of carbonyl (C=O) groups excluding carboxylic acids is 1. The lowest BCUT2D eigenvalue weighted by Gasteiger charge is -2.11. The second-order valence-electron chi connectivity index (χ2n) is 4.77. The Hall–Kier alpha value is -1.91. The number of aromatic nitrogens is 1. The Morgan fingerprint density at radius 3 is 3.00 bits per heavy atom. The summed E-state index contributed by atoms with van der Waals surface area (Å²) in [4.78, 5) is 16.1. The smallest absolute Gasteiger partial charge is 0.252 e. The van der Waals surface area contributed by atoms with Gasteiger partial charge in [-0.3, -0.25) is 9.78 Å². The first kappa shape index (κ1) is 15.5. The van der Waals surface area contributed by atoms with Gasteiger partial charge in [0, 0.05) is 18.9 Å². The third-order valence-electron chi connectivity index (χ3n) is 3.34. The number of carbonyl (C=O) groups is 1. The second kappa shape index (κ2) is 6.70. The molecule has 2 heterocycles. The average Bonchev–Trinajstić information content (AvgIpc) is 2.81. The number of sulfone groups is 1. The molecule has 1 atom stereocenters. The lowest BCUT2D eigenvalue weighted by atomic mass is 10.1. The van der Waals surface area contributed by atoms with Crippen molar-refractivity contribution < 1.29 is 13.2 Å². The van der Waals surface area contributed by atoms with Crippen LogP contribution in [0, 0.1) is 11.8 Å². The van der Waals surface area contributed by atoms with Crippen LogP contribution in [-0.4, -0.2) is 43.4 Å². The van der Waals surface area contributed by atoms with E-state index in [0.717, 1.165) is 0 Å². The Morgan fingerprint density at radius 1 is 1.52 bits per heavy atom. The Labute approximate surface area is 124 Å². The molecule has 0 bridgehead atoms. The average molecular weight is 307 g/mol. The lowest BCUT2D eigenvalue weighted by molar-refractivity contribution is 0.0953. The SMILES string of the molecule is NCC#Cc1cnccc1C(=O)NCC1CCCS1(=O)=O. The summed E-state index contributed by atoms with van der Waals surface area (Å²) in [6.07, 6.45) is 4.24. The number of hydrogen-bond donors (Lipinski definition) is 2. The molecule has 1 fully saturated rings. The van der Waals surface area contributed by atoms with Crippen molar-refractivity contribution in [1.82, 2.24) is 10.3 Å². The second-order valence-corrected chi connectivity index (χ2v) is 7.17. The van der Waals surface area contributed by atoms with Crippen molar-refractivity contribution in [3.05, 3.63) is 29.6 Å². The van der Waals surface area contributed by atoms with Crippen LogP contribution >= 0.6 is 0 Å². The summed E-state index contributed by atoms with van der Waals surface area (Å²) in [5.74, 6) is 5.31. The van der Waals surface area contributed by atoms with Gasteiger partial charge in [0.2, 0.25) is 0 Å². The quantitative estimate of drug-likeness (QED) is 0.746. The molecule has 1 unspecified atom stereocenters. The van der Waals surface area contributed by atoms with Crippen LogP contribution in [0.1, 0.15) is 28.8 Å². The molecule has 3 N–H and O–H groups in total. The summed E-state index contributed by atoms with van der Waals surface area (Å²) < 4.78 is 23.4. The van der Waals surface area contributed by atoms with Crippen LogP contribution in [-0.2, 0) is 9.84 Å². The van der Waals surface area contributed by atoms with E-state index >= 15 is 0 Å². The van der Waals surface area contributed by atoms with E-state index in [1.165, 1.54) is 12.4 Å². The third-order valence-corrected chi connectivity index (χ3v) is 5.62. The standard InChI is InChI=1S/C14H17N3O3S/c15-6-1-3-11-9-16-7-5-13(11)14(18)17-10-12-4-2-8-21(12,19)20/h5,7,9,12H,2,4,6,8,10,15H2,(H,17,18). The van der Waals surface area contributed by atoms with Gasteiger partial charge in [-0.05, 0) is 18.9 Å². The molecule has 6 nitrogen and oxygen atoms in total. The van der Waals surface area contributed by atoms with Gasteiger partial charge < -0.3 is 11.1 Å². The first-order valence-electron chi connectivity index (χ1n) is 6.67. The highest BCUT2D eigenvalue weighted by Gasteiger charge is 2.31. The van der Waals surface area contributed by atoms with Crippen molar-refractivity contribution in [2.45, 2.75) is 18.1 Å². The fourth-order valence-electron chi connectivity index (χ4n) is 2.23. The summed E-state index contributed by atoms with van der Waals surface area (Å²) >= 11 is 0. The largest absolute Gasteiger partial charge is 0.351 e. The Morgan fingerprint density at radius 2 is 2.33 bits per heavy atom. The highest BCUT2D eigenvalue weighted by Crippen LogP contribution is 2.19. The molecule has 1 amide bonds. The van der Waals surface area contributed by atoms with Crippen molar-refractivity contribution in [3.63, 3.8) is 0 Å². The maximum atomic E-state index is 12.2. The summed E-state index contributed by atoms with van der Waals surface area (Å²) in [5.41, 5.74) is 6.17. The van der Waals surface area contributed by atoms with Gasteiger partial charge in [-0.1, -0.05) is 11.8 Å². The Kier molecular flexibility index (Phi) is 4.94. The van der Waals surface area contributed by atoms with Crippen molar-refractivity contribution in [2.75, 3.05) is 18.8 Å². The van der Waals surface area contributed by atoms with Gasteiger partial charge in [0.25, 0.3) is 5.91 Å².